The summed E-state index contributed by atoms with van der Waals surface area (Å²) in [4.78, 5) is 0. The maximum absolute atomic E-state index is 14.7. The van der Waals surface area contributed by atoms with Crippen molar-refractivity contribution in [3.05, 3.63) is 144 Å². The first-order chi connectivity index (χ1) is 22.9. The summed E-state index contributed by atoms with van der Waals surface area (Å²) in [7, 11) is -4.31. The van der Waals surface area contributed by atoms with Crippen molar-refractivity contribution in [2.24, 2.45) is 13.5 Å². The molecule has 254 valence electrons. The second-order valence-electron chi connectivity index (χ2n) is 11.3. The van der Waals surface area contributed by atoms with Crippen LogP contribution in [0.3, 0.4) is 0 Å². The Kier molecular flexibility index (Phi) is 10.7. The van der Waals surface area contributed by atoms with Crippen molar-refractivity contribution in [1.82, 2.24) is 9.34 Å². The van der Waals surface area contributed by atoms with Gasteiger partial charge in [-0.3, -0.25) is 9.05 Å². The molecule has 2 atom stereocenters. The predicted molar refractivity (Wildman–Crippen MR) is 186 cm³/mol. The third-order valence-corrected chi connectivity index (χ3v) is 19.7. The number of rotatable bonds is 10. The number of nitrogens with zero attached hydrogens (tertiary/aromatic N) is 5. The highest BCUT2D eigenvalue weighted by Gasteiger charge is 2.61. The van der Waals surface area contributed by atoms with Gasteiger partial charge in [0.1, 0.15) is 13.2 Å². The van der Waals surface area contributed by atoms with Crippen molar-refractivity contribution in [3.63, 3.8) is 0 Å². The fourth-order valence-electron chi connectivity index (χ4n) is 5.04. The lowest BCUT2D eigenvalue weighted by Crippen LogP contribution is -2.45. The van der Waals surface area contributed by atoms with Crippen LogP contribution in [0.25, 0.3) is 0 Å². The Balaban J connectivity index is 1.56. The molecule has 2 unspecified atom stereocenters. The van der Waals surface area contributed by atoms with Crippen molar-refractivity contribution < 1.29 is 26.6 Å². The van der Waals surface area contributed by atoms with Gasteiger partial charge in [-0.15, -0.1) is 0 Å². The molecule has 0 aliphatic carbocycles. The lowest BCUT2D eigenvalue weighted by Gasteiger charge is -2.38. The van der Waals surface area contributed by atoms with E-state index in [4.69, 9.17) is 36.0 Å². The summed E-state index contributed by atoms with van der Waals surface area (Å²) in [6, 6.07) is 37.7. The van der Waals surface area contributed by atoms with Gasteiger partial charge >= 0.3 is 19.5 Å². The maximum atomic E-state index is 14.7. The Morgan fingerprint density at radius 3 is 1.10 bits per heavy atom. The van der Waals surface area contributed by atoms with Crippen LogP contribution in [0.2, 0.25) is 0 Å². The highest BCUT2D eigenvalue weighted by atomic mass is 35.7. The molecular weight excluding hydrogens is 726 g/mol. The minimum Gasteiger partial charge on any atom is -0.300 e. The molecule has 4 aromatic rings. The Bertz CT molecular complexity index is 1680. The van der Waals surface area contributed by atoms with Gasteiger partial charge in [0.2, 0.25) is 13.4 Å². The van der Waals surface area contributed by atoms with Gasteiger partial charge in [0.05, 0.1) is 0 Å². The first-order valence-electron chi connectivity index (χ1n) is 14.9. The zero-order valence-electron chi connectivity index (χ0n) is 25.5. The van der Waals surface area contributed by atoms with Gasteiger partial charge in [-0.25, -0.2) is 9.34 Å². The molecule has 4 aromatic carbocycles. The summed E-state index contributed by atoms with van der Waals surface area (Å²) in [5.41, 5.74) is 3.44. The summed E-state index contributed by atoms with van der Waals surface area (Å²) < 4.78 is 88.0. The van der Waals surface area contributed by atoms with Crippen LogP contribution in [0.15, 0.2) is 135 Å². The van der Waals surface area contributed by atoms with Gasteiger partial charge in [0.15, 0.2) is 0 Å². The minimum atomic E-state index is -4.54. The van der Waals surface area contributed by atoms with Crippen LogP contribution in [-0.4, -0.2) is 34.4 Å². The molecule has 0 bridgehead atoms. The van der Waals surface area contributed by atoms with Gasteiger partial charge < -0.3 is 0 Å². The molecule has 2 aliphatic heterocycles. The predicted octanol–water partition coefficient (Wildman–Crippen LogP) is 12.0. The Labute approximate surface area is 287 Å². The molecule has 2 aliphatic rings. The van der Waals surface area contributed by atoms with E-state index < -0.39 is 46.1 Å². The van der Waals surface area contributed by atoms with E-state index in [1.807, 2.05) is 121 Å². The van der Waals surface area contributed by atoms with Crippen molar-refractivity contribution in [2.45, 2.75) is 38.0 Å². The quantitative estimate of drug-likeness (QED) is 0.119. The van der Waals surface area contributed by atoms with E-state index in [0.717, 1.165) is 22.3 Å². The van der Waals surface area contributed by atoms with Crippen molar-refractivity contribution in [3.8, 4) is 0 Å². The average Bonchev–Trinajstić information content (AvgIpc) is 3.15. The molecular formula is C32H32Cl2F4N5O2P3. The van der Waals surface area contributed by atoms with Crippen LogP contribution < -0.4 is 0 Å². The highest BCUT2D eigenvalue weighted by Crippen LogP contribution is 2.85. The van der Waals surface area contributed by atoms with E-state index in [-0.39, 0.29) is 26.2 Å². The topological polar surface area (TPSA) is 62.0 Å². The van der Waals surface area contributed by atoms with Crippen molar-refractivity contribution in [2.75, 3.05) is 13.2 Å². The Morgan fingerprint density at radius 2 is 0.792 bits per heavy atom. The third-order valence-electron chi connectivity index (χ3n) is 7.60. The maximum Gasteiger partial charge on any atom is 0.346 e. The van der Waals surface area contributed by atoms with Gasteiger partial charge in [0.25, 0.3) is 0 Å². The SMILES string of the molecule is FC1(F)COP2(=NP(Cl)(N(Cc3ccccc3)Cc3ccccc3)=NP(Cl)(N(Cc3ccccc3)Cc3ccccc3)=N2)OCC1(F)F. The van der Waals surface area contributed by atoms with E-state index in [1.165, 1.54) is 0 Å². The molecule has 1 spiro atoms. The Hall–Kier alpha value is -2.29. The molecule has 0 radical (unpaired) electrons. The van der Waals surface area contributed by atoms with E-state index in [0.29, 0.717) is 0 Å². The summed E-state index contributed by atoms with van der Waals surface area (Å²) in [5.74, 6) is -9.09. The van der Waals surface area contributed by atoms with Crippen LogP contribution in [0, 0.1) is 0 Å². The third kappa shape index (κ3) is 8.18. The molecule has 0 N–H and O–H groups in total. The van der Waals surface area contributed by atoms with Gasteiger partial charge in [0, 0.05) is 26.2 Å². The fraction of sp³-hybridized carbons (Fsp3) is 0.250. The smallest absolute Gasteiger partial charge is 0.300 e. The van der Waals surface area contributed by atoms with Gasteiger partial charge in [-0.2, -0.15) is 31.1 Å². The van der Waals surface area contributed by atoms with Crippen LogP contribution in [0.5, 0.6) is 0 Å². The highest BCUT2D eigenvalue weighted by molar-refractivity contribution is 8.02. The first kappa shape index (κ1) is 35.5. The normalized spacial score (nSPS) is 24.3. The van der Waals surface area contributed by atoms with Crippen molar-refractivity contribution >= 4 is 43.6 Å². The lowest BCUT2D eigenvalue weighted by molar-refractivity contribution is -0.222. The molecule has 6 rings (SSSR count). The lowest BCUT2D eigenvalue weighted by atomic mass is 10.2. The molecule has 1 saturated heterocycles. The molecule has 0 amide bonds. The van der Waals surface area contributed by atoms with Crippen molar-refractivity contribution in [1.29, 1.82) is 0 Å². The number of alkyl halides is 4. The van der Waals surface area contributed by atoms with E-state index in [1.54, 1.807) is 9.34 Å². The molecule has 0 aromatic heterocycles. The summed E-state index contributed by atoms with van der Waals surface area (Å²) in [6.45, 7) is -10.0. The van der Waals surface area contributed by atoms with Gasteiger partial charge in [-0.1, -0.05) is 121 Å². The standard InChI is InChI=1S/C32H32Cl2F4N5O2P3/c33-46(42(21-27-13-5-1-6-14-27)22-28-15-7-2-8-16-28)39-47(34,41-48(40-46)44-25-31(35,36)32(37,38)26-45-48)43(23-29-17-9-3-10-18-29)24-30-19-11-4-12-20-30/h1-20H,21-26H2. The molecule has 1 fully saturated rings. The second kappa shape index (κ2) is 14.5. The number of hydrogen-bond donors (Lipinski definition) is 0. The van der Waals surface area contributed by atoms with Crippen LogP contribution in [0.1, 0.15) is 22.3 Å². The summed E-state index contributed by atoms with van der Waals surface area (Å²) >= 11 is 15.1. The van der Waals surface area contributed by atoms with E-state index >= 15 is 0 Å². The summed E-state index contributed by atoms with van der Waals surface area (Å²) in [5, 5.41) is 0. The minimum absolute atomic E-state index is 0.223. The zero-order valence-corrected chi connectivity index (χ0v) is 29.6. The number of halogens is 6. The van der Waals surface area contributed by atoms with Crippen LogP contribution in [0.4, 0.5) is 17.6 Å². The molecule has 7 nitrogen and oxygen atoms in total. The summed E-state index contributed by atoms with van der Waals surface area (Å²) in [6.07, 6.45) is 0. The largest absolute Gasteiger partial charge is 0.346 e. The van der Waals surface area contributed by atoms with Crippen LogP contribution in [-0.2, 0) is 35.2 Å². The molecule has 48 heavy (non-hydrogen) atoms. The van der Waals surface area contributed by atoms with Crippen LogP contribution >= 0.6 is 43.6 Å². The van der Waals surface area contributed by atoms with E-state index in [2.05, 4.69) is 9.03 Å². The average molecular weight is 758 g/mol. The second-order valence-corrected chi connectivity index (χ2v) is 20.8. The van der Waals surface area contributed by atoms with Gasteiger partial charge in [-0.05, 0) is 44.7 Å². The van der Waals surface area contributed by atoms with E-state index in [9.17, 15) is 17.6 Å². The number of benzene rings is 4. The first-order valence-corrected chi connectivity index (χ1v) is 21.6. The molecule has 0 saturated carbocycles. The zero-order chi connectivity index (χ0) is 33.9. The molecule has 16 heteroatoms. The monoisotopic (exact) mass is 757 g/mol. The molecule has 2 heterocycles. The number of hydrogen-bond acceptors (Lipinski definition) is 7. The Morgan fingerprint density at radius 1 is 0.500 bits per heavy atom. The fourth-order valence-corrected chi connectivity index (χ4v) is 18.8.